The van der Waals surface area contributed by atoms with Gasteiger partial charge in [-0.05, 0) is 46.5 Å². The fourth-order valence-electron chi connectivity index (χ4n) is 2.44. The minimum Gasteiger partial charge on any atom is -0.444 e. The first-order valence-electron chi connectivity index (χ1n) is 6.52. The summed E-state index contributed by atoms with van der Waals surface area (Å²) in [6.07, 6.45) is 2.92. The van der Waals surface area contributed by atoms with Crippen molar-refractivity contribution in [3.8, 4) is 0 Å². The highest BCUT2D eigenvalue weighted by Gasteiger charge is 2.44. The van der Waals surface area contributed by atoms with E-state index in [1.807, 2.05) is 20.8 Å². The van der Waals surface area contributed by atoms with Gasteiger partial charge in [-0.3, -0.25) is 0 Å². The summed E-state index contributed by atoms with van der Waals surface area (Å²) in [5.74, 6) is 0.546. The molecule has 1 N–H and O–H groups in total. The minimum atomic E-state index is -0.507. The molecule has 0 saturated carbocycles. The van der Waals surface area contributed by atoms with E-state index < -0.39 is 11.1 Å². The number of hydrogen-bond donors (Lipinski definition) is 1. The van der Waals surface area contributed by atoms with Gasteiger partial charge in [0.2, 0.25) is 0 Å². The molecule has 0 radical (unpaired) electrons. The summed E-state index contributed by atoms with van der Waals surface area (Å²) in [6, 6.07) is 0. The third-order valence-corrected chi connectivity index (χ3v) is 3.55. The number of rotatable bonds is 4. The maximum absolute atomic E-state index is 12.2. The molecule has 0 bridgehead atoms. The number of likely N-dealkylation sites (tertiary alicyclic amines) is 1. The number of halogens is 1. The fourth-order valence-corrected chi connectivity index (χ4v) is 2.57. The standard InChI is InChI=1S/C13H24ClNO3/c1-12(2,3)18-11(17)15-9-5-7-13(15,10-16)6-4-8-14/h16H,4-10H2,1-3H3. The molecule has 0 aromatic carbocycles. The van der Waals surface area contributed by atoms with E-state index in [4.69, 9.17) is 16.3 Å². The number of aliphatic hydroxyl groups excluding tert-OH is 1. The normalized spacial score (nSPS) is 24.4. The average molecular weight is 278 g/mol. The molecule has 1 atom stereocenters. The molecule has 0 spiro atoms. The van der Waals surface area contributed by atoms with Crippen molar-refractivity contribution in [2.75, 3.05) is 19.0 Å². The lowest BCUT2D eigenvalue weighted by atomic mass is 9.92. The maximum Gasteiger partial charge on any atom is 0.410 e. The van der Waals surface area contributed by atoms with Gasteiger partial charge in [-0.2, -0.15) is 0 Å². The number of carbonyl (C=O) groups is 1. The van der Waals surface area contributed by atoms with Gasteiger partial charge in [0.25, 0.3) is 0 Å². The molecule has 4 nitrogen and oxygen atoms in total. The molecule has 1 aliphatic rings. The Labute approximate surface area is 114 Å². The molecule has 1 aliphatic heterocycles. The SMILES string of the molecule is CC(C)(C)OC(=O)N1CCCC1(CO)CCCCl. The Morgan fingerprint density at radius 1 is 1.50 bits per heavy atom. The molecule has 1 amide bonds. The van der Waals surface area contributed by atoms with Crippen LogP contribution in [0.25, 0.3) is 0 Å². The van der Waals surface area contributed by atoms with Gasteiger partial charge >= 0.3 is 6.09 Å². The lowest BCUT2D eigenvalue weighted by Gasteiger charge is -2.37. The van der Waals surface area contributed by atoms with E-state index >= 15 is 0 Å². The van der Waals surface area contributed by atoms with Crippen molar-refractivity contribution < 1.29 is 14.6 Å². The van der Waals surface area contributed by atoms with Gasteiger partial charge in [0.05, 0.1) is 12.1 Å². The summed E-state index contributed by atoms with van der Waals surface area (Å²) >= 11 is 5.72. The van der Waals surface area contributed by atoms with Gasteiger partial charge < -0.3 is 14.7 Å². The quantitative estimate of drug-likeness (QED) is 0.804. The summed E-state index contributed by atoms with van der Waals surface area (Å²) in [7, 11) is 0. The lowest BCUT2D eigenvalue weighted by molar-refractivity contribution is -0.00698. The van der Waals surface area contributed by atoms with E-state index in [1.54, 1.807) is 4.90 Å². The fraction of sp³-hybridized carbons (Fsp3) is 0.923. The van der Waals surface area contributed by atoms with Gasteiger partial charge in [-0.15, -0.1) is 11.6 Å². The van der Waals surface area contributed by atoms with Crippen LogP contribution in [0.3, 0.4) is 0 Å². The van der Waals surface area contributed by atoms with Gasteiger partial charge in [0.15, 0.2) is 0 Å². The summed E-state index contributed by atoms with van der Waals surface area (Å²) in [5, 5.41) is 9.67. The van der Waals surface area contributed by atoms with Crippen molar-refractivity contribution in [2.45, 2.75) is 57.6 Å². The molecule has 5 heteroatoms. The number of carbonyl (C=O) groups excluding carboxylic acids is 1. The number of hydrogen-bond acceptors (Lipinski definition) is 3. The Morgan fingerprint density at radius 3 is 2.67 bits per heavy atom. The van der Waals surface area contributed by atoms with Crippen LogP contribution in [0.1, 0.15) is 46.5 Å². The first-order chi connectivity index (χ1) is 8.34. The van der Waals surface area contributed by atoms with Gasteiger partial charge in [-0.25, -0.2) is 4.79 Å². The van der Waals surface area contributed by atoms with E-state index in [-0.39, 0.29) is 12.7 Å². The van der Waals surface area contributed by atoms with E-state index in [0.717, 1.165) is 25.7 Å². The second-order valence-electron chi connectivity index (χ2n) is 5.91. The minimum absolute atomic E-state index is 0.0247. The number of nitrogens with zero attached hydrogens (tertiary/aromatic N) is 1. The number of amides is 1. The predicted molar refractivity (Wildman–Crippen MR) is 71.9 cm³/mol. The molecule has 106 valence electrons. The topological polar surface area (TPSA) is 49.8 Å². The molecule has 0 aliphatic carbocycles. The number of alkyl halides is 1. The predicted octanol–water partition coefficient (Wildman–Crippen LogP) is 2.77. The number of ether oxygens (including phenoxy) is 1. The average Bonchev–Trinajstić information content (AvgIpc) is 2.68. The summed E-state index contributed by atoms with van der Waals surface area (Å²) < 4.78 is 5.40. The van der Waals surface area contributed by atoms with Crippen LogP contribution in [0, 0.1) is 0 Å². The smallest absolute Gasteiger partial charge is 0.410 e. The van der Waals surface area contributed by atoms with Gasteiger partial charge in [0.1, 0.15) is 5.60 Å². The van der Waals surface area contributed by atoms with Crippen LogP contribution in [0.5, 0.6) is 0 Å². The molecule has 1 unspecified atom stereocenters. The van der Waals surface area contributed by atoms with Crippen LogP contribution in [0.2, 0.25) is 0 Å². The van der Waals surface area contributed by atoms with Crippen LogP contribution >= 0.6 is 11.6 Å². The van der Waals surface area contributed by atoms with Crippen molar-refractivity contribution >= 4 is 17.7 Å². The molecule has 18 heavy (non-hydrogen) atoms. The zero-order valence-electron chi connectivity index (χ0n) is 11.5. The Hall–Kier alpha value is -0.480. The zero-order valence-corrected chi connectivity index (χ0v) is 12.3. The zero-order chi connectivity index (χ0) is 13.8. The van der Waals surface area contributed by atoms with E-state index in [1.165, 1.54) is 0 Å². The summed E-state index contributed by atoms with van der Waals surface area (Å²) in [6.45, 7) is 6.17. The van der Waals surface area contributed by atoms with Gasteiger partial charge in [-0.1, -0.05) is 0 Å². The monoisotopic (exact) mass is 277 g/mol. The molecule has 1 saturated heterocycles. The van der Waals surface area contributed by atoms with Crippen LogP contribution < -0.4 is 0 Å². The van der Waals surface area contributed by atoms with E-state index in [9.17, 15) is 9.90 Å². The molecule has 1 heterocycles. The highest BCUT2D eigenvalue weighted by Crippen LogP contribution is 2.34. The third-order valence-electron chi connectivity index (χ3n) is 3.28. The van der Waals surface area contributed by atoms with Crippen molar-refractivity contribution in [1.29, 1.82) is 0 Å². The van der Waals surface area contributed by atoms with Crippen molar-refractivity contribution in [3.05, 3.63) is 0 Å². The Morgan fingerprint density at radius 2 is 2.17 bits per heavy atom. The molecule has 0 aromatic heterocycles. The second-order valence-corrected chi connectivity index (χ2v) is 6.29. The van der Waals surface area contributed by atoms with E-state index in [0.29, 0.717) is 12.4 Å². The molecule has 1 rings (SSSR count). The van der Waals surface area contributed by atoms with Crippen molar-refractivity contribution in [3.63, 3.8) is 0 Å². The van der Waals surface area contributed by atoms with Crippen molar-refractivity contribution in [1.82, 2.24) is 4.90 Å². The Kier molecular flexibility index (Phi) is 5.29. The second kappa shape index (κ2) is 6.11. The first kappa shape index (κ1) is 15.6. The number of aliphatic hydroxyl groups is 1. The third kappa shape index (κ3) is 3.75. The van der Waals surface area contributed by atoms with Crippen molar-refractivity contribution in [2.24, 2.45) is 0 Å². The van der Waals surface area contributed by atoms with E-state index in [2.05, 4.69) is 0 Å². The van der Waals surface area contributed by atoms with Crippen LogP contribution in [-0.4, -0.2) is 46.3 Å². The van der Waals surface area contributed by atoms with Gasteiger partial charge in [0, 0.05) is 12.4 Å². The lowest BCUT2D eigenvalue weighted by Crippen LogP contribution is -2.51. The molecule has 0 aromatic rings. The van der Waals surface area contributed by atoms with Crippen LogP contribution in [0.4, 0.5) is 4.79 Å². The maximum atomic E-state index is 12.2. The summed E-state index contributed by atoms with van der Waals surface area (Å²) in [5.41, 5.74) is -0.982. The highest BCUT2D eigenvalue weighted by atomic mass is 35.5. The Bertz CT molecular complexity index is 290. The summed E-state index contributed by atoms with van der Waals surface area (Å²) in [4.78, 5) is 13.8. The van der Waals surface area contributed by atoms with Crippen LogP contribution in [0.15, 0.2) is 0 Å². The van der Waals surface area contributed by atoms with Crippen LogP contribution in [-0.2, 0) is 4.74 Å². The first-order valence-corrected chi connectivity index (χ1v) is 7.05. The highest BCUT2D eigenvalue weighted by molar-refractivity contribution is 6.17. The largest absolute Gasteiger partial charge is 0.444 e. The Balaban J connectivity index is 2.75. The molecular formula is C13H24ClNO3. The molecule has 1 fully saturated rings. The molecular weight excluding hydrogens is 254 g/mol.